The maximum Gasteiger partial charge on any atom is 0.117 e. The molecule has 4 heteroatoms. The van der Waals surface area contributed by atoms with Gasteiger partial charge in [-0.05, 0) is 50.7 Å². The zero-order valence-electron chi connectivity index (χ0n) is 12.7. The van der Waals surface area contributed by atoms with Crippen LogP contribution in [0.5, 0.6) is 0 Å². The van der Waals surface area contributed by atoms with Crippen LogP contribution in [-0.4, -0.2) is 33.0 Å². The predicted molar refractivity (Wildman–Crippen MR) is 84.0 cm³/mol. The second kappa shape index (κ2) is 5.41. The van der Waals surface area contributed by atoms with Crippen LogP contribution in [0.3, 0.4) is 0 Å². The van der Waals surface area contributed by atoms with Crippen LogP contribution in [0, 0.1) is 0 Å². The largest absolute Gasteiger partial charge is 0.279 e. The molecule has 0 bridgehead atoms. The number of rotatable bonds is 2. The monoisotopic (exact) mass is 284 g/mol. The van der Waals surface area contributed by atoms with Crippen molar-refractivity contribution in [2.75, 3.05) is 13.1 Å². The predicted octanol–water partition coefficient (Wildman–Crippen LogP) is 3.53. The molecule has 4 rings (SSSR count). The first-order valence-corrected chi connectivity index (χ1v) is 8.46. The molecule has 1 aromatic carbocycles. The van der Waals surface area contributed by atoms with E-state index in [0.29, 0.717) is 0 Å². The second-order valence-electron chi connectivity index (χ2n) is 6.58. The molecule has 0 unspecified atom stereocenters. The van der Waals surface area contributed by atoms with E-state index in [1.165, 1.54) is 70.0 Å². The first-order chi connectivity index (χ1) is 10.4. The minimum Gasteiger partial charge on any atom is -0.279 e. The fourth-order valence-corrected chi connectivity index (χ4v) is 4.27. The van der Waals surface area contributed by atoms with Gasteiger partial charge < -0.3 is 0 Å². The van der Waals surface area contributed by atoms with E-state index in [4.69, 9.17) is 0 Å². The SMILES string of the molecule is c1ccc2c(c1)nnn2C1(N2CCCCC2)CCCCC1. The van der Waals surface area contributed by atoms with E-state index < -0.39 is 0 Å². The van der Waals surface area contributed by atoms with Crippen LogP contribution in [0.15, 0.2) is 24.3 Å². The summed E-state index contributed by atoms with van der Waals surface area (Å²) in [6.45, 7) is 2.43. The lowest BCUT2D eigenvalue weighted by molar-refractivity contribution is -0.0367. The Morgan fingerprint density at radius 2 is 1.57 bits per heavy atom. The van der Waals surface area contributed by atoms with Crippen molar-refractivity contribution in [3.8, 4) is 0 Å². The average Bonchev–Trinajstić information content (AvgIpc) is 3.01. The molecule has 2 heterocycles. The highest BCUT2D eigenvalue weighted by Crippen LogP contribution is 2.40. The minimum atomic E-state index is 0.0781. The van der Waals surface area contributed by atoms with E-state index in [1.807, 2.05) is 0 Å². The van der Waals surface area contributed by atoms with Gasteiger partial charge in [-0.3, -0.25) is 4.90 Å². The summed E-state index contributed by atoms with van der Waals surface area (Å²) in [5, 5.41) is 9.01. The van der Waals surface area contributed by atoms with Gasteiger partial charge in [-0.1, -0.05) is 30.2 Å². The molecule has 1 saturated carbocycles. The number of likely N-dealkylation sites (tertiary alicyclic amines) is 1. The van der Waals surface area contributed by atoms with Gasteiger partial charge in [0.1, 0.15) is 11.2 Å². The molecule has 21 heavy (non-hydrogen) atoms. The van der Waals surface area contributed by atoms with E-state index in [2.05, 4.69) is 44.2 Å². The van der Waals surface area contributed by atoms with Crippen molar-refractivity contribution < 1.29 is 0 Å². The second-order valence-corrected chi connectivity index (χ2v) is 6.58. The molecule has 2 aliphatic rings. The van der Waals surface area contributed by atoms with Crippen molar-refractivity contribution >= 4 is 11.0 Å². The quantitative estimate of drug-likeness (QED) is 0.846. The fourth-order valence-electron chi connectivity index (χ4n) is 4.27. The number of benzene rings is 1. The Kier molecular flexibility index (Phi) is 3.42. The summed E-state index contributed by atoms with van der Waals surface area (Å²) in [5.74, 6) is 0. The summed E-state index contributed by atoms with van der Waals surface area (Å²) in [6, 6.07) is 8.41. The van der Waals surface area contributed by atoms with Gasteiger partial charge in [0.15, 0.2) is 0 Å². The summed E-state index contributed by atoms with van der Waals surface area (Å²) < 4.78 is 2.26. The Morgan fingerprint density at radius 1 is 0.857 bits per heavy atom. The maximum atomic E-state index is 4.59. The molecule has 2 fully saturated rings. The van der Waals surface area contributed by atoms with Crippen LogP contribution >= 0.6 is 0 Å². The number of nitrogens with zero attached hydrogens (tertiary/aromatic N) is 4. The van der Waals surface area contributed by atoms with Gasteiger partial charge in [0.2, 0.25) is 0 Å². The van der Waals surface area contributed by atoms with Crippen LogP contribution < -0.4 is 0 Å². The Bertz CT molecular complexity index is 606. The third-order valence-corrected chi connectivity index (χ3v) is 5.35. The number of aromatic nitrogens is 3. The van der Waals surface area contributed by atoms with Crippen molar-refractivity contribution in [3.63, 3.8) is 0 Å². The van der Waals surface area contributed by atoms with Crippen LogP contribution in [0.1, 0.15) is 51.4 Å². The van der Waals surface area contributed by atoms with Crippen LogP contribution in [0.25, 0.3) is 11.0 Å². The molecular weight excluding hydrogens is 260 g/mol. The van der Waals surface area contributed by atoms with Crippen molar-refractivity contribution in [3.05, 3.63) is 24.3 Å². The maximum absolute atomic E-state index is 4.59. The summed E-state index contributed by atoms with van der Waals surface area (Å²) in [6.07, 6.45) is 10.5. The van der Waals surface area contributed by atoms with Crippen molar-refractivity contribution in [1.82, 2.24) is 19.9 Å². The third-order valence-electron chi connectivity index (χ3n) is 5.35. The van der Waals surface area contributed by atoms with E-state index >= 15 is 0 Å². The highest BCUT2D eigenvalue weighted by molar-refractivity contribution is 5.74. The van der Waals surface area contributed by atoms with Crippen LogP contribution in [0.2, 0.25) is 0 Å². The van der Waals surface area contributed by atoms with Gasteiger partial charge in [0, 0.05) is 13.1 Å². The number of fused-ring (bicyclic) bond motifs is 1. The summed E-state index contributed by atoms with van der Waals surface area (Å²) in [5.41, 5.74) is 2.30. The van der Waals surface area contributed by atoms with Gasteiger partial charge >= 0.3 is 0 Å². The molecule has 0 N–H and O–H groups in total. The molecule has 0 amide bonds. The molecule has 0 spiro atoms. The zero-order valence-corrected chi connectivity index (χ0v) is 12.7. The van der Waals surface area contributed by atoms with Gasteiger partial charge in [-0.2, -0.15) is 0 Å². The molecule has 0 atom stereocenters. The van der Waals surface area contributed by atoms with Crippen LogP contribution in [-0.2, 0) is 5.66 Å². The zero-order chi connectivity index (χ0) is 14.1. The summed E-state index contributed by atoms with van der Waals surface area (Å²) in [7, 11) is 0. The fraction of sp³-hybridized carbons (Fsp3) is 0.647. The Morgan fingerprint density at radius 3 is 2.38 bits per heavy atom. The number of para-hydroxylation sites is 1. The summed E-state index contributed by atoms with van der Waals surface area (Å²) >= 11 is 0. The first-order valence-electron chi connectivity index (χ1n) is 8.46. The molecule has 112 valence electrons. The average molecular weight is 284 g/mol. The van der Waals surface area contributed by atoms with Crippen molar-refractivity contribution in [2.24, 2.45) is 0 Å². The molecule has 2 aromatic rings. The number of hydrogen-bond acceptors (Lipinski definition) is 3. The third kappa shape index (κ3) is 2.16. The van der Waals surface area contributed by atoms with Gasteiger partial charge in [0.25, 0.3) is 0 Å². The van der Waals surface area contributed by atoms with E-state index in [9.17, 15) is 0 Å². The number of piperidine rings is 1. The molecule has 1 aliphatic heterocycles. The van der Waals surface area contributed by atoms with Gasteiger partial charge in [-0.15, -0.1) is 5.10 Å². The van der Waals surface area contributed by atoms with Crippen molar-refractivity contribution in [2.45, 2.75) is 57.0 Å². The normalized spacial score (nSPS) is 23.4. The van der Waals surface area contributed by atoms with Crippen molar-refractivity contribution in [1.29, 1.82) is 0 Å². The Balaban J connectivity index is 1.81. The molecule has 4 nitrogen and oxygen atoms in total. The minimum absolute atomic E-state index is 0.0781. The van der Waals surface area contributed by atoms with E-state index in [1.54, 1.807) is 0 Å². The molecular formula is C17H24N4. The smallest absolute Gasteiger partial charge is 0.117 e. The topological polar surface area (TPSA) is 34.0 Å². The molecule has 0 radical (unpaired) electrons. The highest BCUT2D eigenvalue weighted by atomic mass is 15.5. The number of hydrogen-bond donors (Lipinski definition) is 0. The molecule has 1 aliphatic carbocycles. The summed E-state index contributed by atoms with van der Waals surface area (Å²) in [4.78, 5) is 2.71. The first kappa shape index (κ1) is 13.3. The molecule has 1 saturated heterocycles. The van der Waals surface area contributed by atoms with E-state index in [-0.39, 0.29) is 5.66 Å². The lowest BCUT2D eigenvalue weighted by atomic mass is 9.86. The lowest BCUT2D eigenvalue weighted by Crippen LogP contribution is -2.54. The highest BCUT2D eigenvalue weighted by Gasteiger charge is 2.41. The Hall–Kier alpha value is -1.42. The molecule has 1 aromatic heterocycles. The van der Waals surface area contributed by atoms with Crippen LogP contribution in [0.4, 0.5) is 0 Å². The Labute approximate surface area is 126 Å². The standard InChI is InChI=1S/C17H24N4/c1-5-11-17(12-6-1,20-13-7-2-8-14-20)21-16-10-4-3-9-15(16)18-19-21/h3-4,9-10H,1-2,5-8,11-14H2. The van der Waals surface area contributed by atoms with E-state index in [0.717, 1.165) is 5.52 Å². The van der Waals surface area contributed by atoms with Gasteiger partial charge in [0.05, 0.1) is 5.52 Å². The lowest BCUT2D eigenvalue weighted by Gasteiger charge is -2.48. The van der Waals surface area contributed by atoms with Gasteiger partial charge in [-0.25, -0.2) is 4.68 Å².